The number of ether oxygens (including phenoxy) is 1. The molecule has 0 radical (unpaired) electrons. The average Bonchev–Trinajstić information content (AvgIpc) is 2.86. The lowest BCUT2D eigenvalue weighted by Crippen LogP contribution is -2.23. The predicted octanol–water partition coefficient (Wildman–Crippen LogP) is 4.38. The third-order valence-corrected chi connectivity index (χ3v) is 4.57. The van der Waals surface area contributed by atoms with Crippen molar-refractivity contribution >= 4 is 0 Å². The summed E-state index contributed by atoms with van der Waals surface area (Å²) in [5, 5.41) is 0. The summed E-state index contributed by atoms with van der Waals surface area (Å²) < 4.78 is 6.07. The zero-order valence-corrected chi connectivity index (χ0v) is 11.0. The first-order valence-corrected chi connectivity index (χ1v) is 7.19. The molecule has 0 amide bonds. The van der Waals surface area contributed by atoms with Gasteiger partial charge in [0, 0.05) is 23.8 Å². The van der Waals surface area contributed by atoms with Gasteiger partial charge in [0.25, 0.3) is 0 Å². The van der Waals surface area contributed by atoms with Crippen LogP contribution in [0.25, 0.3) is 0 Å². The Bertz CT molecular complexity index is 579. The maximum atomic E-state index is 6.07. The number of hydrogen-bond acceptors (Lipinski definition) is 1. The molecule has 1 aromatic carbocycles. The van der Waals surface area contributed by atoms with Crippen molar-refractivity contribution in [3.8, 4) is 5.75 Å². The summed E-state index contributed by atoms with van der Waals surface area (Å²) >= 11 is 0. The van der Waals surface area contributed by atoms with E-state index in [1.807, 2.05) is 0 Å². The number of benzene rings is 1. The molecule has 2 aliphatic carbocycles. The Labute approximate surface area is 114 Å². The molecule has 4 rings (SSSR count). The Morgan fingerprint density at radius 2 is 2.00 bits per heavy atom. The van der Waals surface area contributed by atoms with Crippen molar-refractivity contribution in [2.45, 2.75) is 31.3 Å². The van der Waals surface area contributed by atoms with E-state index in [2.05, 4.69) is 54.6 Å². The highest BCUT2D eigenvalue weighted by molar-refractivity contribution is 5.43. The molecule has 0 saturated carbocycles. The molecule has 3 atom stereocenters. The zero-order chi connectivity index (χ0) is 12.7. The van der Waals surface area contributed by atoms with Gasteiger partial charge in [-0.05, 0) is 18.9 Å². The second kappa shape index (κ2) is 4.41. The van der Waals surface area contributed by atoms with E-state index in [-0.39, 0.29) is 0 Å². The van der Waals surface area contributed by atoms with Crippen LogP contribution in [0.1, 0.15) is 30.7 Å². The van der Waals surface area contributed by atoms with Crippen molar-refractivity contribution in [3.63, 3.8) is 0 Å². The van der Waals surface area contributed by atoms with Gasteiger partial charge in [-0.3, -0.25) is 0 Å². The van der Waals surface area contributed by atoms with Crippen LogP contribution in [0.5, 0.6) is 5.75 Å². The molecule has 0 spiro atoms. The normalized spacial score (nSPS) is 31.4. The quantitative estimate of drug-likeness (QED) is 0.672. The standard InChI is InChI=1S/C18H18O/c1-2-6-13(7-3-1)14-10-11-18-16(12-14)15-8-4-5-9-17(15)19-18/h1-6,8-10,13,16,18H,7,11-12H2. The van der Waals surface area contributed by atoms with Crippen LogP contribution in [-0.4, -0.2) is 6.10 Å². The fraction of sp³-hybridized carbons (Fsp3) is 0.333. The molecule has 1 nitrogen and oxygen atoms in total. The van der Waals surface area contributed by atoms with Crippen LogP contribution in [0.4, 0.5) is 0 Å². The smallest absolute Gasteiger partial charge is 0.123 e. The molecule has 3 aliphatic rings. The molecule has 3 unspecified atom stereocenters. The number of fused-ring (bicyclic) bond motifs is 3. The molecule has 1 heterocycles. The van der Waals surface area contributed by atoms with E-state index in [0.29, 0.717) is 17.9 Å². The molecule has 0 bridgehead atoms. The molecule has 19 heavy (non-hydrogen) atoms. The van der Waals surface area contributed by atoms with Crippen molar-refractivity contribution in [1.29, 1.82) is 0 Å². The van der Waals surface area contributed by atoms with E-state index in [4.69, 9.17) is 4.74 Å². The molecule has 96 valence electrons. The van der Waals surface area contributed by atoms with Gasteiger partial charge in [0.05, 0.1) is 0 Å². The van der Waals surface area contributed by atoms with Gasteiger partial charge in [-0.15, -0.1) is 0 Å². The molecule has 0 fully saturated rings. The van der Waals surface area contributed by atoms with Crippen LogP contribution in [0.2, 0.25) is 0 Å². The molecular formula is C18H18O. The van der Waals surface area contributed by atoms with Crippen LogP contribution < -0.4 is 4.74 Å². The van der Waals surface area contributed by atoms with Crippen molar-refractivity contribution in [1.82, 2.24) is 0 Å². The third kappa shape index (κ3) is 1.85. The SMILES string of the molecule is C1=CCC(C2=CCC3Oc4ccccc4C3C2)C=C1. The summed E-state index contributed by atoms with van der Waals surface area (Å²) in [6.45, 7) is 0. The van der Waals surface area contributed by atoms with Crippen LogP contribution in [-0.2, 0) is 0 Å². The summed E-state index contributed by atoms with van der Waals surface area (Å²) in [6.07, 6.45) is 15.1. The first kappa shape index (κ1) is 11.1. The first-order chi connectivity index (χ1) is 9.42. The number of para-hydroxylation sites is 1. The van der Waals surface area contributed by atoms with Gasteiger partial charge in [0.2, 0.25) is 0 Å². The first-order valence-electron chi connectivity index (χ1n) is 7.19. The maximum Gasteiger partial charge on any atom is 0.123 e. The third-order valence-electron chi connectivity index (χ3n) is 4.57. The number of rotatable bonds is 1. The lowest BCUT2D eigenvalue weighted by Gasteiger charge is -2.28. The van der Waals surface area contributed by atoms with E-state index < -0.39 is 0 Å². The summed E-state index contributed by atoms with van der Waals surface area (Å²) in [7, 11) is 0. The Morgan fingerprint density at radius 3 is 2.89 bits per heavy atom. The fourth-order valence-corrected chi connectivity index (χ4v) is 3.56. The van der Waals surface area contributed by atoms with E-state index in [0.717, 1.165) is 25.0 Å². The van der Waals surface area contributed by atoms with Crippen LogP contribution in [0.3, 0.4) is 0 Å². The monoisotopic (exact) mass is 250 g/mol. The minimum atomic E-state index is 0.365. The van der Waals surface area contributed by atoms with Crippen LogP contribution in [0, 0.1) is 5.92 Å². The number of allylic oxidation sites excluding steroid dienone is 5. The van der Waals surface area contributed by atoms with Crippen LogP contribution in [0.15, 0.2) is 60.2 Å². The Morgan fingerprint density at radius 1 is 1.05 bits per heavy atom. The summed E-state index contributed by atoms with van der Waals surface area (Å²) in [5.41, 5.74) is 3.01. The van der Waals surface area contributed by atoms with Gasteiger partial charge in [-0.1, -0.05) is 54.2 Å². The van der Waals surface area contributed by atoms with Crippen molar-refractivity contribution in [3.05, 3.63) is 65.8 Å². The molecule has 1 heteroatoms. The summed E-state index contributed by atoms with van der Waals surface area (Å²) in [6, 6.07) is 8.54. The zero-order valence-electron chi connectivity index (χ0n) is 11.0. The largest absolute Gasteiger partial charge is 0.489 e. The van der Waals surface area contributed by atoms with Gasteiger partial charge in [0.1, 0.15) is 11.9 Å². The minimum absolute atomic E-state index is 0.365. The minimum Gasteiger partial charge on any atom is -0.489 e. The summed E-state index contributed by atoms with van der Waals surface area (Å²) in [4.78, 5) is 0. The van der Waals surface area contributed by atoms with Gasteiger partial charge in [-0.2, -0.15) is 0 Å². The van der Waals surface area contributed by atoms with Gasteiger partial charge < -0.3 is 4.74 Å². The van der Waals surface area contributed by atoms with Gasteiger partial charge >= 0.3 is 0 Å². The highest BCUT2D eigenvalue weighted by Gasteiger charge is 2.37. The van der Waals surface area contributed by atoms with E-state index in [9.17, 15) is 0 Å². The predicted molar refractivity (Wildman–Crippen MR) is 77.3 cm³/mol. The van der Waals surface area contributed by atoms with Crippen molar-refractivity contribution in [2.75, 3.05) is 0 Å². The molecule has 0 aromatic heterocycles. The molecule has 0 saturated heterocycles. The second-order valence-electron chi connectivity index (χ2n) is 5.67. The lowest BCUT2D eigenvalue weighted by atomic mass is 9.77. The lowest BCUT2D eigenvalue weighted by molar-refractivity contribution is 0.199. The van der Waals surface area contributed by atoms with E-state index in [1.54, 1.807) is 5.57 Å². The van der Waals surface area contributed by atoms with Crippen molar-refractivity contribution in [2.24, 2.45) is 5.92 Å². The van der Waals surface area contributed by atoms with Crippen LogP contribution >= 0.6 is 0 Å². The molecular weight excluding hydrogens is 232 g/mol. The highest BCUT2D eigenvalue weighted by Crippen LogP contribution is 2.46. The second-order valence-corrected chi connectivity index (χ2v) is 5.67. The van der Waals surface area contributed by atoms with E-state index in [1.165, 1.54) is 5.56 Å². The Balaban J connectivity index is 1.61. The topological polar surface area (TPSA) is 9.23 Å². The van der Waals surface area contributed by atoms with E-state index >= 15 is 0 Å². The van der Waals surface area contributed by atoms with Crippen molar-refractivity contribution < 1.29 is 4.74 Å². The van der Waals surface area contributed by atoms with Gasteiger partial charge in [0.15, 0.2) is 0 Å². The summed E-state index contributed by atoms with van der Waals surface area (Å²) in [5.74, 6) is 2.28. The molecule has 1 aromatic rings. The molecule has 0 N–H and O–H groups in total. The average molecular weight is 250 g/mol. The maximum absolute atomic E-state index is 6.07. The fourth-order valence-electron chi connectivity index (χ4n) is 3.56. The highest BCUT2D eigenvalue weighted by atomic mass is 16.5. The number of hydrogen-bond donors (Lipinski definition) is 0. The van der Waals surface area contributed by atoms with Gasteiger partial charge in [-0.25, -0.2) is 0 Å². The Hall–Kier alpha value is -1.76. The molecule has 1 aliphatic heterocycles. The Kier molecular flexibility index (Phi) is 2.58.